The number of carbonyl (C=O) groups is 4. The molecule has 0 saturated carbocycles. The van der Waals surface area contributed by atoms with Gasteiger partial charge in [0.05, 0.1) is 26.4 Å². The summed E-state index contributed by atoms with van der Waals surface area (Å²) in [5.41, 5.74) is 0. The normalized spacial score (nSPS) is 14.8. The Labute approximate surface area is 605 Å². The minimum atomic E-state index is -5.00. The molecule has 0 aromatic rings. The second kappa shape index (κ2) is 72.3. The largest absolute Gasteiger partial charge is 0.472 e. The Balaban J connectivity index is 5.43. The molecule has 5 atom stereocenters. The summed E-state index contributed by atoms with van der Waals surface area (Å²) in [6.07, 6.45) is 81.6. The van der Waals surface area contributed by atoms with Gasteiger partial charge in [-0.1, -0.05) is 283 Å². The van der Waals surface area contributed by atoms with Crippen LogP contribution < -0.4 is 0 Å². The summed E-state index contributed by atoms with van der Waals surface area (Å²) >= 11 is 0. The van der Waals surface area contributed by atoms with E-state index in [4.69, 9.17) is 37.0 Å². The fourth-order valence-electron chi connectivity index (χ4n) is 9.56. The highest BCUT2D eigenvalue weighted by Crippen LogP contribution is 2.45. The molecule has 0 radical (unpaired) electrons. The molecule has 0 aliphatic heterocycles. The molecule has 570 valence electrons. The molecule has 3 N–H and O–H groups in total. The molecule has 0 spiro atoms. The zero-order valence-electron chi connectivity index (χ0n) is 62.1. The maximum absolute atomic E-state index is 13.1. The number of ether oxygens (including phenoxy) is 4. The van der Waals surface area contributed by atoms with E-state index >= 15 is 0 Å². The van der Waals surface area contributed by atoms with Gasteiger partial charge < -0.3 is 33.8 Å². The van der Waals surface area contributed by atoms with Gasteiger partial charge in [0.25, 0.3) is 0 Å². The van der Waals surface area contributed by atoms with Crippen LogP contribution in [-0.2, 0) is 65.4 Å². The monoisotopic (exact) mass is 1440 g/mol. The smallest absolute Gasteiger partial charge is 0.462 e. The topological polar surface area (TPSA) is 237 Å². The lowest BCUT2D eigenvalue weighted by molar-refractivity contribution is -0.161. The molecular formula is C81H134O17P2. The van der Waals surface area contributed by atoms with Gasteiger partial charge >= 0.3 is 39.5 Å². The number of hydrogen-bond acceptors (Lipinski definition) is 15. The molecule has 0 heterocycles. The Morgan fingerprint density at radius 2 is 0.560 bits per heavy atom. The third kappa shape index (κ3) is 71.3. The fourth-order valence-corrected chi connectivity index (χ4v) is 11.1. The predicted octanol–water partition coefficient (Wildman–Crippen LogP) is 21.9. The zero-order valence-corrected chi connectivity index (χ0v) is 63.9. The van der Waals surface area contributed by atoms with Crippen LogP contribution in [0.15, 0.2) is 146 Å². The number of unbranched alkanes of at least 4 members (excludes halogenated alkanes) is 20. The predicted molar refractivity (Wildman–Crippen MR) is 408 cm³/mol. The van der Waals surface area contributed by atoms with Gasteiger partial charge in [-0.2, -0.15) is 0 Å². The first-order chi connectivity index (χ1) is 48.7. The van der Waals surface area contributed by atoms with Crippen molar-refractivity contribution in [2.75, 3.05) is 39.6 Å². The van der Waals surface area contributed by atoms with E-state index in [1.807, 2.05) is 30.4 Å². The van der Waals surface area contributed by atoms with Crippen LogP contribution in [0.1, 0.15) is 285 Å². The van der Waals surface area contributed by atoms with E-state index in [0.29, 0.717) is 38.5 Å². The van der Waals surface area contributed by atoms with Crippen LogP contribution in [-0.4, -0.2) is 96.7 Å². The molecule has 0 amide bonds. The number of hydrogen-bond donors (Lipinski definition) is 3. The maximum atomic E-state index is 13.1. The summed E-state index contributed by atoms with van der Waals surface area (Å²) in [6.45, 7) is 4.43. The fraction of sp³-hybridized carbons (Fsp3) is 0.654. The minimum absolute atomic E-state index is 0.0333. The summed E-state index contributed by atoms with van der Waals surface area (Å²) in [5, 5.41) is 10.6. The molecule has 0 aromatic carbocycles. The van der Waals surface area contributed by atoms with E-state index < -0.39 is 97.5 Å². The van der Waals surface area contributed by atoms with Crippen LogP contribution in [0.5, 0.6) is 0 Å². The number of carbonyl (C=O) groups excluding carboxylic acids is 4. The van der Waals surface area contributed by atoms with Crippen molar-refractivity contribution in [2.24, 2.45) is 0 Å². The average Bonchev–Trinajstić information content (AvgIpc) is 0.940. The number of phosphoric ester groups is 2. The van der Waals surface area contributed by atoms with Crippen LogP contribution in [0.2, 0.25) is 0 Å². The Morgan fingerprint density at radius 3 is 0.930 bits per heavy atom. The molecule has 0 aliphatic rings. The van der Waals surface area contributed by atoms with Gasteiger partial charge in [0, 0.05) is 25.7 Å². The average molecular weight is 1440 g/mol. The van der Waals surface area contributed by atoms with Crippen molar-refractivity contribution < 1.29 is 80.2 Å². The second-order valence-electron chi connectivity index (χ2n) is 24.8. The van der Waals surface area contributed by atoms with E-state index in [1.54, 1.807) is 0 Å². The van der Waals surface area contributed by atoms with E-state index in [2.05, 4.69) is 143 Å². The summed E-state index contributed by atoms with van der Waals surface area (Å²) in [6, 6.07) is 0. The summed E-state index contributed by atoms with van der Waals surface area (Å²) < 4.78 is 68.3. The van der Waals surface area contributed by atoms with E-state index in [1.165, 1.54) is 64.2 Å². The Hall–Kier alpha value is -5.06. The van der Waals surface area contributed by atoms with E-state index in [9.17, 15) is 43.2 Å². The Bertz CT molecular complexity index is 2470. The third-order valence-corrected chi connectivity index (χ3v) is 17.2. The summed E-state index contributed by atoms with van der Waals surface area (Å²) in [4.78, 5) is 72.7. The molecular weight excluding hydrogens is 1310 g/mol. The standard InChI is InChI=1S/C81H134O17P2/c1-5-9-13-17-21-25-29-32-34-36-37-39-41-44-47-50-54-58-62-66-79(84)92-72-77(98-81(86)68-64-60-56-52-48-42-31-27-23-19-15-11-7-3)74-96-100(89,90)94-70-75(82)69-93-99(87,88)95-73-76(97-80(85)67-63-59-55-51-45-28-24-20-16-12-8-4)71-91-78(83)65-61-57-53-49-46-43-40-38-35-33-30-26-22-18-14-10-6-2/h9-10,13-14,20-22,24-26,32-35,37,39-40,43-44,47,49,53-54,58,75-77,82H,5-8,11-12,15-19,23,27-31,36,38,41-42,45-46,48,50-52,55-57,59-74H2,1-4H3,(H,87,88)(H,89,90)/b13-9-,14-10-,24-20-,25-21-,26-22-,34-32-,35-33-,39-37-,43-40-,47-44-,53-49-,58-54-. The van der Waals surface area contributed by atoms with Gasteiger partial charge in [-0.3, -0.25) is 37.3 Å². The van der Waals surface area contributed by atoms with Crippen LogP contribution in [0, 0.1) is 0 Å². The highest BCUT2D eigenvalue weighted by molar-refractivity contribution is 7.47. The summed E-state index contributed by atoms with van der Waals surface area (Å²) in [7, 11) is -9.99. The van der Waals surface area contributed by atoms with E-state index in [-0.39, 0.29) is 25.7 Å². The SMILES string of the molecule is CC/C=C\C/C=C\C/C=C\C/C=C\C/C=C\C/C=C\CCC(=O)OCC(COP(=O)(O)OCC(O)COP(=O)(O)OCC(COC(=O)CCC/C=C\C/C=C\C/C=C\C/C=C\C/C=C\CC)OC(=O)CCCCCCC/C=C\CCCC)OC(=O)CCCCCCCCCCCCCCC. The van der Waals surface area contributed by atoms with E-state index in [0.717, 1.165) is 128 Å². The van der Waals surface area contributed by atoms with Crippen molar-refractivity contribution >= 4 is 39.5 Å². The molecule has 5 unspecified atom stereocenters. The van der Waals surface area contributed by atoms with Crippen molar-refractivity contribution in [1.82, 2.24) is 0 Å². The molecule has 0 aliphatic carbocycles. The lowest BCUT2D eigenvalue weighted by Gasteiger charge is -2.21. The number of allylic oxidation sites excluding steroid dienone is 24. The zero-order chi connectivity index (χ0) is 73.2. The molecule has 0 aromatic heterocycles. The van der Waals surface area contributed by atoms with Crippen LogP contribution >= 0.6 is 15.6 Å². The number of esters is 4. The van der Waals surface area contributed by atoms with Gasteiger partial charge in [-0.05, 0) is 122 Å². The lowest BCUT2D eigenvalue weighted by atomic mass is 10.0. The molecule has 17 nitrogen and oxygen atoms in total. The van der Waals surface area contributed by atoms with Crippen molar-refractivity contribution in [3.63, 3.8) is 0 Å². The first-order valence-corrected chi connectivity index (χ1v) is 41.1. The molecule has 0 rings (SSSR count). The first kappa shape index (κ1) is 94.9. The van der Waals surface area contributed by atoms with Gasteiger partial charge in [0.1, 0.15) is 19.3 Å². The number of phosphoric acid groups is 2. The van der Waals surface area contributed by atoms with Crippen LogP contribution in [0.25, 0.3) is 0 Å². The van der Waals surface area contributed by atoms with Crippen LogP contribution in [0.4, 0.5) is 0 Å². The second-order valence-corrected chi connectivity index (χ2v) is 27.7. The number of aliphatic hydroxyl groups excluding tert-OH is 1. The van der Waals surface area contributed by atoms with Crippen molar-refractivity contribution in [2.45, 2.75) is 303 Å². The minimum Gasteiger partial charge on any atom is -0.462 e. The van der Waals surface area contributed by atoms with Gasteiger partial charge in [-0.25, -0.2) is 9.13 Å². The van der Waals surface area contributed by atoms with Gasteiger partial charge in [0.2, 0.25) is 0 Å². The third-order valence-electron chi connectivity index (χ3n) is 15.3. The lowest BCUT2D eigenvalue weighted by Crippen LogP contribution is -2.30. The van der Waals surface area contributed by atoms with Crippen molar-refractivity contribution in [3.8, 4) is 0 Å². The number of rotatable bonds is 70. The Kier molecular flexibility index (Phi) is 68.6. The molecule has 0 saturated heterocycles. The highest BCUT2D eigenvalue weighted by atomic mass is 31.2. The maximum Gasteiger partial charge on any atom is 0.472 e. The number of aliphatic hydroxyl groups is 1. The molecule has 19 heteroatoms. The van der Waals surface area contributed by atoms with Crippen molar-refractivity contribution in [3.05, 3.63) is 146 Å². The quantitative estimate of drug-likeness (QED) is 0.0169. The molecule has 100 heavy (non-hydrogen) atoms. The molecule has 0 bridgehead atoms. The molecule has 0 fully saturated rings. The summed E-state index contributed by atoms with van der Waals surface area (Å²) in [5.74, 6) is -2.35. The highest BCUT2D eigenvalue weighted by Gasteiger charge is 2.30. The van der Waals surface area contributed by atoms with Crippen LogP contribution in [0.3, 0.4) is 0 Å². The van der Waals surface area contributed by atoms with Gasteiger partial charge in [-0.15, -0.1) is 0 Å². The first-order valence-electron chi connectivity index (χ1n) is 38.1. The van der Waals surface area contributed by atoms with Crippen molar-refractivity contribution in [1.29, 1.82) is 0 Å². The Morgan fingerprint density at radius 1 is 0.290 bits per heavy atom. The van der Waals surface area contributed by atoms with Gasteiger partial charge in [0.15, 0.2) is 12.2 Å².